The highest BCUT2D eigenvalue weighted by molar-refractivity contribution is 6.31. The largest absolute Gasteiger partial charge is 0.354 e. The molecule has 1 saturated heterocycles. The van der Waals surface area contributed by atoms with Crippen LogP contribution >= 0.6 is 11.6 Å². The molecule has 2 rings (SSSR count). The minimum absolute atomic E-state index is 0.0826. The van der Waals surface area contributed by atoms with Gasteiger partial charge >= 0.3 is 0 Å². The van der Waals surface area contributed by atoms with E-state index in [1.165, 1.54) is 0 Å². The van der Waals surface area contributed by atoms with Gasteiger partial charge in [0.05, 0.1) is 6.04 Å². The predicted molar refractivity (Wildman–Crippen MR) is 86.5 cm³/mol. The molecule has 0 aromatic heterocycles. The van der Waals surface area contributed by atoms with E-state index >= 15 is 0 Å². The third-order valence-corrected chi connectivity index (χ3v) is 4.32. The van der Waals surface area contributed by atoms with E-state index in [0.29, 0.717) is 19.0 Å². The second-order valence-corrected chi connectivity index (χ2v) is 6.21. The van der Waals surface area contributed by atoms with Crippen LogP contribution < -0.4 is 10.6 Å². The number of benzene rings is 1. The van der Waals surface area contributed by atoms with Crippen molar-refractivity contribution in [2.75, 3.05) is 27.2 Å². The first kappa shape index (κ1) is 16.3. The van der Waals surface area contributed by atoms with Gasteiger partial charge in [0.25, 0.3) is 0 Å². The van der Waals surface area contributed by atoms with Crippen molar-refractivity contribution in [1.82, 2.24) is 15.5 Å². The van der Waals surface area contributed by atoms with Crippen molar-refractivity contribution in [3.05, 3.63) is 34.9 Å². The lowest BCUT2D eigenvalue weighted by atomic mass is 10.1. The fourth-order valence-electron chi connectivity index (χ4n) is 2.75. The molecule has 0 radical (unpaired) electrons. The lowest BCUT2D eigenvalue weighted by molar-refractivity contribution is -0.121. The molecule has 1 heterocycles. The van der Waals surface area contributed by atoms with Gasteiger partial charge in [0, 0.05) is 24.0 Å². The summed E-state index contributed by atoms with van der Waals surface area (Å²) >= 11 is 6.27. The van der Waals surface area contributed by atoms with Crippen molar-refractivity contribution in [2.24, 2.45) is 0 Å². The number of hydrogen-bond donors (Lipinski definition) is 2. The Kier molecular flexibility index (Phi) is 6.03. The zero-order valence-electron chi connectivity index (χ0n) is 12.7. The van der Waals surface area contributed by atoms with Gasteiger partial charge in [0.2, 0.25) is 5.91 Å². The normalized spacial score (nSPS) is 19.7. The van der Waals surface area contributed by atoms with E-state index < -0.39 is 0 Å². The van der Waals surface area contributed by atoms with Crippen molar-refractivity contribution in [3.63, 3.8) is 0 Å². The predicted octanol–water partition coefficient (Wildman–Crippen LogP) is 2.20. The number of likely N-dealkylation sites (N-methyl/N-ethyl adjacent to an activating group) is 1. The molecule has 0 spiro atoms. The molecular weight excluding hydrogens is 286 g/mol. The molecular formula is C16H24ClN3O. The van der Waals surface area contributed by atoms with Gasteiger partial charge in [-0.3, -0.25) is 4.79 Å². The molecule has 1 aromatic rings. The van der Waals surface area contributed by atoms with Gasteiger partial charge < -0.3 is 15.5 Å². The van der Waals surface area contributed by atoms with Gasteiger partial charge in [-0.05, 0) is 45.1 Å². The monoisotopic (exact) mass is 309 g/mol. The van der Waals surface area contributed by atoms with E-state index in [2.05, 4.69) is 15.5 Å². The molecule has 5 heteroatoms. The molecule has 0 bridgehead atoms. The Balaban J connectivity index is 1.91. The van der Waals surface area contributed by atoms with Gasteiger partial charge in [-0.2, -0.15) is 0 Å². The van der Waals surface area contributed by atoms with E-state index in [0.717, 1.165) is 30.0 Å². The zero-order chi connectivity index (χ0) is 15.2. The third-order valence-electron chi connectivity index (χ3n) is 3.97. The van der Waals surface area contributed by atoms with Crippen LogP contribution in [0.5, 0.6) is 0 Å². The Hall–Kier alpha value is -1.10. The smallest absolute Gasteiger partial charge is 0.221 e. The highest BCUT2D eigenvalue weighted by Crippen LogP contribution is 2.25. The number of nitrogens with one attached hydrogen (secondary N) is 2. The van der Waals surface area contributed by atoms with Crippen LogP contribution in [0.4, 0.5) is 0 Å². The maximum Gasteiger partial charge on any atom is 0.221 e. The van der Waals surface area contributed by atoms with Crippen molar-refractivity contribution >= 4 is 17.5 Å². The minimum atomic E-state index is 0.0826. The highest BCUT2D eigenvalue weighted by Gasteiger charge is 2.20. The summed E-state index contributed by atoms with van der Waals surface area (Å²) < 4.78 is 0. The number of carbonyl (C=O) groups is 1. The van der Waals surface area contributed by atoms with Crippen LogP contribution in [-0.2, 0) is 4.79 Å². The minimum Gasteiger partial charge on any atom is -0.354 e. The van der Waals surface area contributed by atoms with E-state index in [1.807, 2.05) is 38.4 Å². The molecule has 21 heavy (non-hydrogen) atoms. The summed E-state index contributed by atoms with van der Waals surface area (Å²) in [6.45, 7) is 1.60. The number of amides is 1. The number of halogens is 1. The van der Waals surface area contributed by atoms with E-state index in [1.54, 1.807) is 0 Å². The first-order chi connectivity index (χ1) is 10.1. The molecule has 0 aliphatic carbocycles. The van der Waals surface area contributed by atoms with Crippen molar-refractivity contribution in [1.29, 1.82) is 0 Å². The van der Waals surface area contributed by atoms with E-state index in [4.69, 9.17) is 11.6 Å². The summed E-state index contributed by atoms with van der Waals surface area (Å²) in [4.78, 5) is 14.1. The van der Waals surface area contributed by atoms with Gasteiger partial charge in [0.15, 0.2) is 0 Å². The average Bonchev–Trinajstić information content (AvgIpc) is 2.93. The molecule has 1 aliphatic rings. The summed E-state index contributed by atoms with van der Waals surface area (Å²) in [5.41, 5.74) is 1.04. The number of nitrogens with zero attached hydrogens (tertiary/aromatic N) is 1. The van der Waals surface area contributed by atoms with Crippen LogP contribution in [-0.4, -0.2) is 44.0 Å². The lowest BCUT2D eigenvalue weighted by Gasteiger charge is -2.26. The summed E-state index contributed by atoms with van der Waals surface area (Å²) in [5, 5.41) is 7.12. The molecule has 1 aliphatic heterocycles. The number of carbonyl (C=O) groups excluding carboxylic acids is 1. The molecule has 116 valence electrons. The summed E-state index contributed by atoms with van der Waals surface area (Å²) in [5.74, 6) is 0.105. The molecule has 1 amide bonds. The van der Waals surface area contributed by atoms with Crippen molar-refractivity contribution < 1.29 is 4.79 Å². The Morgan fingerprint density at radius 3 is 2.86 bits per heavy atom. The standard InChI is InChI=1S/C16H24ClN3O/c1-20(2)15(13-7-3-4-8-14(13)17)11-19-16(21)10-12-6-5-9-18-12/h3-4,7-8,12,15,18H,5-6,9-11H2,1-2H3,(H,19,21). The number of rotatable bonds is 6. The van der Waals surface area contributed by atoms with Gasteiger partial charge in [0.1, 0.15) is 0 Å². The quantitative estimate of drug-likeness (QED) is 0.847. The number of hydrogen-bond acceptors (Lipinski definition) is 3. The molecule has 2 atom stereocenters. The van der Waals surface area contributed by atoms with Crippen LogP contribution in [0.1, 0.15) is 30.9 Å². The van der Waals surface area contributed by atoms with Gasteiger partial charge in [-0.15, -0.1) is 0 Å². The topological polar surface area (TPSA) is 44.4 Å². The molecule has 0 saturated carbocycles. The van der Waals surface area contributed by atoms with E-state index in [-0.39, 0.29) is 11.9 Å². The fourth-order valence-corrected chi connectivity index (χ4v) is 3.02. The van der Waals surface area contributed by atoms with Crippen LogP contribution in [0.2, 0.25) is 5.02 Å². The van der Waals surface area contributed by atoms with Crippen LogP contribution in [0.3, 0.4) is 0 Å². The van der Waals surface area contributed by atoms with Crippen LogP contribution in [0.15, 0.2) is 24.3 Å². The summed E-state index contributed by atoms with van der Waals surface area (Å²) in [6, 6.07) is 8.21. The highest BCUT2D eigenvalue weighted by atomic mass is 35.5. The second kappa shape index (κ2) is 7.78. The van der Waals surface area contributed by atoms with Crippen molar-refractivity contribution in [3.8, 4) is 0 Å². The van der Waals surface area contributed by atoms with Crippen molar-refractivity contribution in [2.45, 2.75) is 31.3 Å². The Bertz CT molecular complexity index is 472. The molecule has 2 unspecified atom stereocenters. The Morgan fingerprint density at radius 2 is 2.24 bits per heavy atom. The Labute approximate surface area is 131 Å². The Morgan fingerprint density at radius 1 is 1.48 bits per heavy atom. The molecule has 1 aromatic carbocycles. The maximum atomic E-state index is 12.0. The third kappa shape index (κ3) is 4.70. The average molecular weight is 310 g/mol. The van der Waals surface area contributed by atoms with Gasteiger partial charge in [-0.1, -0.05) is 29.8 Å². The first-order valence-corrected chi connectivity index (χ1v) is 7.86. The van der Waals surface area contributed by atoms with Gasteiger partial charge in [-0.25, -0.2) is 0 Å². The molecule has 1 fully saturated rings. The summed E-state index contributed by atoms with van der Waals surface area (Å²) in [6.07, 6.45) is 2.82. The maximum absolute atomic E-state index is 12.0. The second-order valence-electron chi connectivity index (χ2n) is 5.80. The first-order valence-electron chi connectivity index (χ1n) is 7.49. The molecule has 2 N–H and O–H groups in total. The summed E-state index contributed by atoms with van der Waals surface area (Å²) in [7, 11) is 4.00. The van der Waals surface area contributed by atoms with E-state index in [9.17, 15) is 4.79 Å². The lowest BCUT2D eigenvalue weighted by Crippen LogP contribution is -2.37. The van der Waals surface area contributed by atoms with Crippen LogP contribution in [0.25, 0.3) is 0 Å². The SMILES string of the molecule is CN(C)C(CNC(=O)CC1CCCN1)c1ccccc1Cl. The van der Waals surface area contributed by atoms with Crippen LogP contribution in [0, 0.1) is 0 Å². The zero-order valence-corrected chi connectivity index (χ0v) is 13.5. The molecule has 4 nitrogen and oxygen atoms in total. The fraction of sp³-hybridized carbons (Fsp3) is 0.562.